The van der Waals surface area contributed by atoms with Crippen LogP contribution in [0, 0.1) is 5.82 Å². The number of hydrogen-bond acceptors (Lipinski definition) is 3. The molecule has 2 rings (SSSR count). The molecule has 1 aromatic carbocycles. The fourth-order valence-electron chi connectivity index (χ4n) is 1.57. The molecule has 0 unspecified atom stereocenters. The summed E-state index contributed by atoms with van der Waals surface area (Å²) in [5.41, 5.74) is -0.0974. The maximum Gasteiger partial charge on any atom is 0.319 e. The molecular weight excluding hydrogens is 263 g/mol. The predicted octanol–water partition coefficient (Wildman–Crippen LogP) is 1.20. The van der Waals surface area contributed by atoms with Crippen LogP contribution in [0.5, 0.6) is 0 Å². The minimum Gasteiger partial charge on any atom is -0.336 e. The van der Waals surface area contributed by atoms with E-state index in [1.165, 1.54) is 41.4 Å². The van der Waals surface area contributed by atoms with E-state index in [0.29, 0.717) is 0 Å². The number of carbonyl (C=O) groups excluding carboxylic acids is 1. The number of nitrogens with one attached hydrogen (secondary N) is 2. The molecule has 1 aromatic heterocycles. The summed E-state index contributed by atoms with van der Waals surface area (Å²) in [7, 11) is 0. The molecule has 0 saturated heterocycles. The Morgan fingerprint density at radius 1 is 1.30 bits per heavy atom. The largest absolute Gasteiger partial charge is 0.336 e. The first-order valence-corrected chi connectivity index (χ1v) is 5.96. The molecule has 0 aliphatic rings. The van der Waals surface area contributed by atoms with E-state index in [1.54, 1.807) is 6.07 Å². The molecule has 2 amide bonds. The Bertz CT molecular complexity index is 657. The van der Waals surface area contributed by atoms with Gasteiger partial charge in [-0.2, -0.15) is 0 Å². The lowest BCUT2D eigenvalue weighted by Crippen LogP contribution is -2.33. The summed E-state index contributed by atoms with van der Waals surface area (Å²) in [4.78, 5) is 26.7. The number of nitrogens with zero attached hydrogens (tertiary/aromatic N) is 2. The van der Waals surface area contributed by atoms with Gasteiger partial charge in [0.15, 0.2) is 0 Å². The minimum absolute atomic E-state index is 0.101. The maximum absolute atomic E-state index is 13.3. The number of benzene rings is 1. The lowest BCUT2D eigenvalue weighted by atomic mass is 10.3. The summed E-state index contributed by atoms with van der Waals surface area (Å²) in [5.74, 6) is -0.508. The summed E-state index contributed by atoms with van der Waals surface area (Å²) in [6, 6.07) is 6.67. The summed E-state index contributed by atoms with van der Waals surface area (Å²) in [6.45, 7) is 0.517. The number of urea groups is 1. The second-order valence-electron chi connectivity index (χ2n) is 3.97. The topological polar surface area (TPSA) is 76.0 Å². The SMILES string of the molecule is O=C(NCCn1cnccc1=O)Nc1ccccc1F. The average Bonchev–Trinajstić information content (AvgIpc) is 2.43. The summed E-state index contributed by atoms with van der Waals surface area (Å²) < 4.78 is 14.7. The van der Waals surface area contributed by atoms with Gasteiger partial charge in [0.25, 0.3) is 5.56 Å². The highest BCUT2D eigenvalue weighted by molar-refractivity contribution is 5.89. The number of halogens is 1. The molecule has 0 atom stereocenters. The lowest BCUT2D eigenvalue weighted by molar-refractivity contribution is 0.251. The molecule has 0 fully saturated rings. The number of para-hydroxylation sites is 1. The van der Waals surface area contributed by atoms with Crippen molar-refractivity contribution in [2.75, 3.05) is 11.9 Å². The Balaban J connectivity index is 1.83. The highest BCUT2D eigenvalue weighted by Gasteiger charge is 2.05. The monoisotopic (exact) mass is 276 g/mol. The van der Waals surface area contributed by atoms with Crippen LogP contribution < -0.4 is 16.2 Å². The quantitative estimate of drug-likeness (QED) is 0.881. The van der Waals surface area contributed by atoms with E-state index in [1.807, 2.05) is 0 Å². The second-order valence-corrected chi connectivity index (χ2v) is 3.97. The van der Waals surface area contributed by atoms with E-state index in [2.05, 4.69) is 15.6 Å². The van der Waals surface area contributed by atoms with Crippen molar-refractivity contribution in [2.45, 2.75) is 6.54 Å². The molecular formula is C13H13FN4O2. The van der Waals surface area contributed by atoms with Gasteiger partial charge < -0.3 is 10.6 Å². The molecule has 2 N–H and O–H groups in total. The third-order valence-corrected chi connectivity index (χ3v) is 2.55. The van der Waals surface area contributed by atoms with E-state index in [-0.39, 0.29) is 24.3 Å². The number of aromatic nitrogens is 2. The molecule has 6 nitrogen and oxygen atoms in total. The first kappa shape index (κ1) is 13.7. The third kappa shape index (κ3) is 3.64. The van der Waals surface area contributed by atoms with Crippen LogP contribution in [0.15, 0.2) is 47.7 Å². The number of hydrogen-bond donors (Lipinski definition) is 2. The van der Waals surface area contributed by atoms with Crippen molar-refractivity contribution in [3.63, 3.8) is 0 Å². The van der Waals surface area contributed by atoms with Crippen molar-refractivity contribution in [1.29, 1.82) is 0 Å². The molecule has 0 saturated carbocycles. The molecule has 0 bridgehead atoms. The van der Waals surface area contributed by atoms with Crippen LogP contribution in [0.25, 0.3) is 0 Å². The van der Waals surface area contributed by atoms with Crippen LogP contribution in [0.4, 0.5) is 14.9 Å². The van der Waals surface area contributed by atoms with Gasteiger partial charge in [-0.1, -0.05) is 12.1 Å². The van der Waals surface area contributed by atoms with E-state index in [0.717, 1.165) is 0 Å². The summed E-state index contributed by atoms with van der Waals surface area (Å²) in [6.07, 6.45) is 2.79. The zero-order chi connectivity index (χ0) is 14.4. The van der Waals surface area contributed by atoms with Crippen molar-refractivity contribution >= 4 is 11.7 Å². The number of rotatable bonds is 4. The maximum atomic E-state index is 13.3. The van der Waals surface area contributed by atoms with Gasteiger partial charge in [-0.25, -0.2) is 14.2 Å². The van der Waals surface area contributed by atoms with Gasteiger partial charge in [-0.3, -0.25) is 9.36 Å². The summed E-state index contributed by atoms with van der Waals surface area (Å²) >= 11 is 0. The van der Waals surface area contributed by atoms with Crippen molar-refractivity contribution in [1.82, 2.24) is 14.9 Å². The molecule has 0 radical (unpaired) electrons. The Morgan fingerprint density at radius 2 is 2.10 bits per heavy atom. The average molecular weight is 276 g/mol. The third-order valence-electron chi connectivity index (χ3n) is 2.55. The smallest absolute Gasteiger partial charge is 0.319 e. The molecule has 1 heterocycles. The zero-order valence-electron chi connectivity index (χ0n) is 10.5. The molecule has 2 aromatic rings. The Kier molecular flexibility index (Phi) is 4.43. The Morgan fingerprint density at radius 3 is 2.85 bits per heavy atom. The van der Waals surface area contributed by atoms with Crippen molar-refractivity contribution in [3.05, 3.63) is 59.0 Å². The number of anilines is 1. The van der Waals surface area contributed by atoms with Gasteiger partial charge in [-0.05, 0) is 12.1 Å². The highest BCUT2D eigenvalue weighted by atomic mass is 19.1. The predicted molar refractivity (Wildman–Crippen MR) is 71.9 cm³/mol. The Labute approximate surface area is 114 Å². The fourth-order valence-corrected chi connectivity index (χ4v) is 1.57. The molecule has 104 valence electrons. The highest BCUT2D eigenvalue weighted by Crippen LogP contribution is 2.11. The van der Waals surface area contributed by atoms with Crippen LogP contribution >= 0.6 is 0 Å². The first-order valence-electron chi connectivity index (χ1n) is 5.96. The first-order chi connectivity index (χ1) is 9.66. The minimum atomic E-state index is -0.535. The van der Waals surface area contributed by atoms with Crippen molar-refractivity contribution in [2.24, 2.45) is 0 Å². The molecule has 20 heavy (non-hydrogen) atoms. The summed E-state index contributed by atoms with van der Waals surface area (Å²) in [5, 5.41) is 4.91. The van der Waals surface area contributed by atoms with E-state index in [9.17, 15) is 14.0 Å². The molecule has 0 spiro atoms. The van der Waals surface area contributed by atoms with E-state index >= 15 is 0 Å². The van der Waals surface area contributed by atoms with E-state index in [4.69, 9.17) is 0 Å². The van der Waals surface area contributed by atoms with Crippen LogP contribution in [0.2, 0.25) is 0 Å². The molecule has 0 aliphatic carbocycles. The molecule has 7 heteroatoms. The van der Waals surface area contributed by atoms with Crippen molar-refractivity contribution < 1.29 is 9.18 Å². The van der Waals surface area contributed by atoms with Gasteiger partial charge in [0.2, 0.25) is 0 Å². The van der Waals surface area contributed by atoms with Gasteiger partial charge in [0.05, 0.1) is 12.0 Å². The van der Waals surface area contributed by atoms with Gasteiger partial charge in [-0.15, -0.1) is 0 Å². The molecule has 0 aliphatic heterocycles. The number of carbonyl (C=O) groups is 1. The van der Waals surface area contributed by atoms with Gasteiger partial charge in [0.1, 0.15) is 5.82 Å². The zero-order valence-corrected chi connectivity index (χ0v) is 10.5. The lowest BCUT2D eigenvalue weighted by Gasteiger charge is -2.09. The fraction of sp³-hybridized carbons (Fsp3) is 0.154. The van der Waals surface area contributed by atoms with Crippen molar-refractivity contribution in [3.8, 4) is 0 Å². The Hall–Kier alpha value is -2.70. The van der Waals surface area contributed by atoms with Gasteiger partial charge >= 0.3 is 6.03 Å². The number of amides is 2. The van der Waals surface area contributed by atoms with Crippen LogP contribution in [-0.2, 0) is 6.54 Å². The normalized spacial score (nSPS) is 10.1. The van der Waals surface area contributed by atoms with Crippen LogP contribution in [-0.4, -0.2) is 22.1 Å². The standard InChI is InChI=1S/C13H13FN4O2/c14-10-3-1-2-4-11(10)17-13(20)16-7-8-18-9-15-6-5-12(18)19/h1-6,9H,7-8H2,(H2,16,17,20). The van der Waals surface area contributed by atoms with Gasteiger partial charge in [0, 0.05) is 25.4 Å². The van der Waals surface area contributed by atoms with Crippen LogP contribution in [0.3, 0.4) is 0 Å². The van der Waals surface area contributed by atoms with Crippen LogP contribution in [0.1, 0.15) is 0 Å². The second kappa shape index (κ2) is 6.46. The van der Waals surface area contributed by atoms with E-state index < -0.39 is 11.8 Å².